The molecule has 1 aromatic heterocycles. The van der Waals surface area contributed by atoms with E-state index in [4.69, 9.17) is 0 Å². The van der Waals surface area contributed by atoms with Crippen molar-refractivity contribution in [1.82, 2.24) is 10.2 Å². The van der Waals surface area contributed by atoms with Crippen molar-refractivity contribution in [2.75, 3.05) is 5.32 Å². The van der Waals surface area contributed by atoms with Crippen LogP contribution < -0.4 is 5.32 Å². The molecular weight excluding hydrogens is 394 g/mol. The van der Waals surface area contributed by atoms with Crippen LogP contribution in [0.1, 0.15) is 21.5 Å². The number of benzene rings is 2. The molecule has 0 saturated carbocycles. The van der Waals surface area contributed by atoms with Crippen molar-refractivity contribution < 1.29 is 22.4 Å². The van der Waals surface area contributed by atoms with E-state index in [-0.39, 0.29) is 11.4 Å². The van der Waals surface area contributed by atoms with E-state index in [0.717, 1.165) is 18.2 Å². The number of nitrogens with one attached hydrogen (secondary N) is 1. The van der Waals surface area contributed by atoms with Gasteiger partial charge >= 0.3 is 6.18 Å². The first-order valence-corrected chi connectivity index (χ1v) is 8.99. The molecule has 0 aliphatic heterocycles. The van der Waals surface area contributed by atoms with Crippen LogP contribution in [0.25, 0.3) is 0 Å². The van der Waals surface area contributed by atoms with E-state index in [1.807, 2.05) is 0 Å². The van der Waals surface area contributed by atoms with Gasteiger partial charge in [-0.3, -0.25) is 4.79 Å². The summed E-state index contributed by atoms with van der Waals surface area (Å²) in [7, 11) is 0. The summed E-state index contributed by atoms with van der Waals surface area (Å²) >= 11 is 1.30. The highest BCUT2D eigenvalue weighted by molar-refractivity contribution is 7.98. The Morgan fingerprint density at radius 3 is 2.36 bits per heavy atom. The molecule has 144 valence electrons. The molecule has 3 aromatic rings. The Hall–Kier alpha value is -2.94. The van der Waals surface area contributed by atoms with Gasteiger partial charge in [-0.1, -0.05) is 30.0 Å². The van der Waals surface area contributed by atoms with Crippen LogP contribution in [-0.2, 0) is 11.9 Å². The van der Waals surface area contributed by atoms with Gasteiger partial charge in [0.1, 0.15) is 10.8 Å². The fourth-order valence-corrected chi connectivity index (χ4v) is 3.00. The van der Waals surface area contributed by atoms with E-state index in [1.165, 1.54) is 42.1 Å². The lowest BCUT2D eigenvalue weighted by Crippen LogP contribution is -2.13. The van der Waals surface area contributed by atoms with Crippen molar-refractivity contribution in [3.63, 3.8) is 0 Å². The molecule has 2 aromatic carbocycles. The minimum Gasteiger partial charge on any atom is -0.305 e. The number of hydrogen-bond acceptors (Lipinski definition) is 4. The molecule has 0 spiro atoms. The zero-order valence-corrected chi connectivity index (χ0v) is 15.0. The molecule has 1 heterocycles. The van der Waals surface area contributed by atoms with Crippen molar-refractivity contribution in [2.45, 2.75) is 17.0 Å². The number of alkyl halides is 3. The maximum absolute atomic E-state index is 13.2. The van der Waals surface area contributed by atoms with Crippen molar-refractivity contribution in [3.05, 3.63) is 83.2 Å². The fraction of sp³-hybridized carbons (Fsp3) is 0.105. The third-order valence-corrected chi connectivity index (χ3v) is 4.63. The monoisotopic (exact) mass is 407 g/mol. The van der Waals surface area contributed by atoms with Gasteiger partial charge in [-0.15, -0.1) is 10.2 Å². The molecule has 4 nitrogen and oxygen atoms in total. The molecule has 28 heavy (non-hydrogen) atoms. The van der Waals surface area contributed by atoms with Gasteiger partial charge in [-0.25, -0.2) is 4.39 Å². The Morgan fingerprint density at radius 1 is 1.00 bits per heavy atom. The highest BCUT2D eigenvalue weighted by Crippen LogP contribution is 2.30. The molecule has 0 unspecified atom stereocenters. The minimum atomic E-state index is -4.36. The van der Waals surface area contributed by atoms with Gasteiger partial charge in [0, 0.05) is 11.3 Å². The molecule has 0 saturated heterocycles. The summed E-state index contributed by atoms with van der Waals surface area (Å²) in [5.41, 5.74) is 0.172. The van der Waals surface area contributed by atoms with Crippen LogP contribution >= 0.6 is 11.8 Å². The van der Waals surface area contributed by atoms with E-state index >= 15 is 0 Å². The van der Waals surface area contributed by atoms with Crippen LogP contribution in [0, 0.1) is 5.82 Å². The van der Waals surface area contributed by atoms with Crippen LogP contribution in [-0.4, -0.2) is 16.1 Å². The number of anilines is 1. The maximum Gasteiger partial charge on any atom is 0.416 e. The van der Waals surface area contributed by atoms with Gasteiger partial charge in [0.25, 0.3) is 5.91 Å². The number of carbonyl (C=O) groups is 1. The van der Waals surface area contributed by atoms with Gasteiger partial charge in [-0.05, 0) is 48.0 Å². The minimum absolute atomic E-state index is 0.155. The van der Waals surface area contributed by atoms with Crippen LogP contribution in [0.15, 0.2) is 65.7 Å². The lowest BCUT2D eigenvalue weighted by molar-refractivity contribution is -0.137. The molecular formula is C19H13F4N3OS. The zero-order valence-electron chi connectivity index (χ0n) is 14.2. The van der Waals surface area contributed by atoms with Gasteiger partial charge in [0.05, 0.1) is 5.56 Å². The third-order valence-electron chi connectivity index (χ3n) is 3.64. The molecule has 3 rings (SSSR count). The van der Waals surface area contributed by atoms with Crippen molar-refractivity contribution in [1.29, 1.82) is 0 Å². The Labute approximate surface area is 162 Å². The number of aromatic nitrogens is 2. The molecule has 0 atom stereocenters. The molecule has 0 bridgehead atoms. The first-order valence-electron chi connectivity index (χ1n) is 8.01. The lowest BCUT2D eigenvalue weighted by atomic mass is 10.1. The quantitative estimate of drug-likeness (QED) is 0.468. The number of hydrogen-bond donors (Lipinski definition) is 1. The molecule has 0 aliphatic carbocycles. The number of amides is 1. The fourth-order valence-electron chi connectivity index (χ4n) is 2.23. The number of carbonyl (C=O) groups excluding carboxylic acids is 1. The molecule has 0 radical (unpaired) electrons. The van der Waals surface area contributed by atoms with Gasteiger partial charge in [0.2, 0.25) is 0 Å². The van der Waals surface area contributed by atoms with E-state index in [2.05, 4.69) is 15.5 Å². The summed E-state index contributed by atoms with van der Waals surface area (Å²) in [4.78, 5) is 12.0. The van der Waals surface area contributed by atoms with Crippen LogP contribution in [0.3, 0.4) is 0 Å². The van der Waals surface area contributed by atoms with E-state index in [0.29, 0.717) is 16.3 Å². The topological polar surface area (TPSA) is 54.9 Å². The summed E-state index contributed by atoms with van der Waals surface area (Å²) in [5, 5.41) is 10.9. The number of thioether (sulfide) groups is 1. The van der Waals surface area contributed by atoms with Crippen molar-refractivity contribution >= 4 is 23.5 Å². The summed E-state index contributed by atoms with van der Waals surface area (Å²) in [6.07, 6.45) is -4.36. The Bertz CT molecular complexity index is 960. The number of nitrogens with zero attached hydrogens (tertiary/aromatic N) is 2. The normalized spacial score (nSPS) is 11.3. The second-order valence-corrected chi connectivity index (χ2v) is 6.70. The molecule has 1 amide bonds. The van der Waals surface area contributed by atoms with Crippen LogP contribution in [0.2, 0.25) is 0 Å². The Morgan fingerprint density at radius 2 is 1.75 bits per heavy atom. The zero-order chi connectivity index (χ0) is 20.1. The Kier molecular flexibility index (Phi) is 5.93. The second-order valence-electron chi connectivity index (χ2n) is 5.70. The lowest BCUT2D eigenvalue weighted by Gasteiger charge is -2.07. The summed E-state index contributed by atoms with van der Waals surface area (Å²) < 4.78 is 50.8. The molecule has 9 heteroatoms. The molecule has 0 fully saturated rings. The number of rotatable bonds is 5. The van der Waals surface area contributed by atoms with E-state index < -0.39 is 23.5 Å². The summed E-state index contributed by atoms with van der Waals surface area (Å²) in [6.45, 7) is 0. The van der Waals surface area contributed by atoms with Gasteiger partial charge in [-0.2, -0.15) is 13.2 Å². The average molecular weight is 407 g/mol. The summed E-state index contributed by atoms with van der Waals surface area (Å²) in [5.74, 6) is -0.414. The second kappa shape index (κ2) is 8.39. The van der Waals surface area contributed by atoms with Gasteiger partial charge < -0.3 is 5.32 Å². The van der Waals surface area contributed by atoms with Crippen molar-refractivity contribution in [3.8, 4) is 0 Å². The van der Waals surface area contributed by atoms with Crippen LogP contribution in [0.5, 0.6) is 0 Å². The van der Waals surface area contributed by atoms with Crippen LogP contribution in [0.4, 0.5) is 23.4 Å². The van der Waals surface area contributed by atoms with E-state index in [9.17, 15) is 22.4 Å². The largest absolute Gasteiger partial charge is 0.416 e. The van der Waals surface area contributed by atoms with Crippen molar-refractivity contribution in [2.24, 2.45) is 0 Å². The highest BCUT2D eigenvalue weighted by atomic mass is 32.2. The standard InChI is InChI=1S/C19H13F4N3OS/c20-15-3-1-2-13(10-15)18(27)24-16-8-9-17(26-25-16)28-11-12-4-6-14(7-5-12)19(21,22)23/h1-10H,11H2,(H,24,25,27). The smallest absolute Gasteiger partial charge is 0.305 e. The Balaban J connectivity index is 1.56. The average Bonchev–Trinajstić information content (AvgIpc) is 2.67. The first kappa shape index (κ1) is 19.8. The third kappa shape index (κ3) is 5.29. The predicted molar refractivity (Wildman–Crippen MR) is 97.4 cm³/mol. The summed E-state index contributed by atoms with van der Waals surface area (Å²) in [6, 6.07) is 13.3. The van der Waals surface area contributed by atoms with E-state index in [1.54, 1.807) is 12.1 Å². The highest BCUT2D eigenvalue weighted by Gasteiger charge is 2.29. The predicted octanol–water partition coefficient (Wildman–Crippen LogP) is 5.18. The van der Waals surface area contributed by atoms with Gasteiger partial charge in [0.15, 0.2) is 5.82 Å². The maximum atomic E-state index is 13.2. The molecule has 0 aliphatic rings. The molecule has 1 N–H and O–H groups in total. The number of halogens is 4. The first-order chi connectivity index (χ1) is 13.3. The SMILES string of the molecule is O=C(Nc1ccc(SCc2ccc(C(F)(F)F)cc2)nn1)c1cccc(F)c1.